The molecule has 1 heterocycles. The molecule has 0 aliphatic rings. The molecule has 1 aromatic heterocycles. The largest absolute Gasteiger partial charge is 0.338 e. The van der Waals surface area contributed by atoms with Crippen molar-refractivity contribution in [3.05, 3.63) is 41.8 Å². The highest BCUT2D eigenvalue weighted by molar-refractivity contribution is 7.92. The zero-order chi connectivity index (χ0) is 14.8. The van der Waals surface area contributed by atoms with Gasteiger partial charge in [-0.15, -0.1) is 0 Å². The van der Waals surface area contributed by atoms with E-state index in [9.17, 15) is 8.42 Å². The summed E-state index contributed by atoms with van der Waals surface area (Å²) in [5.41, 5.74) is 1.12. The number of nitrogens with zero attached hydrogens (tertiary/aromatic N) is 3. The summed E-state index contributed by atoms with van der Waals surface area (Å²) in [6.45, 7) is 0. The first-order chi connectivity index (χ1) is 9.38. The second-order valence-electron chi connectivity index (χ2n) is 4.08. The SMILES string of the molecule is CN(c1ccccc1Nc1ccnc(Cl)n1)S(C)(=O)=O. The topological polar surface area (TPSA) is 75.2 Å². The quantitative estimate of drug-likeness (QED) is 0.877. The van der Waals surface area contributed by atoms with Gasteiger partial charge in [0.05, 0.1) is 17.6 Å². The maximum atomic E-state index is 11.6. The van der Waals surface area contributed by atoms with E-state index in [1.165, 1.54) is 17.5 Å². The average molecular weight is 313 g/mol. The fourth-order valence-electron chi connectivity index (χ4n) is 1.58. The predicted molar refractivity (Wildman–Crippen MR) is 80.0 cm³/mol. The molecule has 2 rings (SSSR count). The van der Waals surface area contributed by atoms with Crippen LogP contribution in [-0.2, 0) is 10.0 Å². The first-order valence-electron chi connectivity index (χ1n) is 5.66. The third-order valence-electron chi connectivity index (χ3n) is 2.63. The monoisotopic (exact) mass is 312 g/mol. The normalized spacial score (nSPS) is 11.2. The van der Waals surface area contributed by atoms with E-state index in [1.807, 2.05) is 0 Å². The van der Waals surface area contributed by atoms with Gasteiger partial charge in [-0.05, 0) is 29.8 Å². The van der Waals surface area contributed by atoms with E-state index in [0.717, 1.165) is 6.26 Å². The van der Waals surface area contributed by atoms with Gasteiger partial charge in [0.2, 0.25) is 15.3 Å². The Morgan fingerprint density at radius 1 is 1.25 bits per heavy atom. The number of halogens is 1. The Bertz CT molecular complexity index is 721. The van der Waals surface area contributed by atoms with Crippen LogP contribution in [0.5, 0.6) is 0 Å². The highest BCUT2D eigenvalue weighted by Gasteiger charge is 2.15. The number of sulfonamides is 1. The van der Waals surface area contributed by atoms with Gasteiger partial charge in [0.15, 0.2) is 0 Å². The number of hydrogen-bond donors (Lipinski definition) is 1. The second kappa shape index (κ2) is 5.64. The standard InChI is InChI=1S/C12H13ClN4O2S/c1-17(20(2,18)19)10-6-4-3-5-9(10)15-11-7-8-14-12(13)16-11/h3-8H,1-2H3,(H,14,15,16). The van der Waals surface area contributed by atoms with E-state index in [-0.39, 0.29) is 5.28 Å². The van der Waals surface area contributed by atoms with Crippen LogP contribution in [0.1, 0.15) is 0 Å². The molecule has 1 N–H and O–H groups in total. The Balaban J connectivity index is 2.38. The molecule has 6 nitrogen and oxygen atoms in total. The van der Waals surface area contributed by atoms with E-state index >= 15 is 0 Å². The molecule has 2 aromatic rings. The number of para-hydroxylation sites is 2. The van der Waals surface area contributed by atoms with Crippen molar-refractivity contribution in [2.75, 3.05) is 22.9 Å². The van der Waals surface area contributed by atoms with E-state index < -0.39 is 10.0 Å². The highest BCUT2D eigenvalue weighted by atomic mass is 35.5. The van der Waals surface area contributed by atoms with Crippen molar-refractivity contribution in [3.8, 4) is 0 Å². The van der Waals surface area contributed by atoms with Gasteiger partial charge >= 0.3 is 0 Å². The molecule has 0 aliphatic carbocycles. The Hall–Kier alpha value is -1.86. The summed E-state index contributed by atoms with van der Waals surface area (Å²) in [4.78, 5) is 7.79. The second-order valence-corrected chi connectivity index (χ2v) is 6.44. The van der Waals surface area contributed by atoms with Crippen LogP contribution in [0.2, 0.25) is 5.28 Å². The van der Waals surface area contributed by atoms with E-state index in [4.69, 9.17) is 11.6 Å². The van der Waals surface area contributed by atoms with E-state index in [2.05, 4.69) is 15.3 Å². The van der Waals surface area contributed by atoms with Gasteiger partial charge in [0, 0.05) is 13.2 Å². The molecular weight excluding hydrogens is 300 g/mol. The molecule has 0 bridgehead atoms. The summed E-state index contributed by atoms with van der Waals surface area (Å²) < 4.78 is 24.5. The molecule has 0 unspecified atom stereocenters. The van der Waals surface area contributed by atoms with Crippen molar-refractivity contribution in [1.29, 1.82) is 0 Å². The lowest BCUT2D eigenvalue weighted by Gasteiger charge is -2.20. The molecule has 0 radical (unpaired) electrons. The molecule has 20 heavy (non-hydrogen) atoms. The fraction of sp³-hybridized carbons (Fsp3) is 0.167. The average Bonchev–Trinajstić information content (AvgIpc) is 2.37. The van der Waals surface area contributed by atoms with Crippen molar-refractivity contribution >= 4 is 38.8 Å². The number of benzene rings is 1. The van der Waals surface area contributed by atoms with Crippen molar-refractivity contribution in [2.45, 2.75) is 0 Å². The van der Waals surface area contributed by atoms with Crippen molar-refractivity contribution < 1.29 is 8.42 Å². The molecule has 0 aliphatic heterocycles. The minimum atomic E-state index is -3.34. The van der Waals surface area contributed by atoms with Crippen molar-refractivity contribution in [3.63, 3.8) is 0 Å². The summed E-state index contributed by atoms with van der Waals surface area (Å²) in [6.07, 6.45) is 2.66. The molecule has 0 amide bonds. The van der Waals surface area contributed by atoms with Crippen molar-refractivity contribution in [2.24, 2.45) is 0 Å². The molecule has 0 atom stereocenters. The van der Waals surface area contributed by atoms with Crippen molar-refractivity contribution in [1.82, 2.24) is 9.97 Å². The molecule has 106 valence electrons. The number of nitrogens with one attached hydrogen (secondary N) is 1. The van der Waals surface area contributed by atoms with Crippen LogP contribution in [0.25, 0.3) is 0 Å². The molecular formula is C12H13ClN4O2S. The third kappa shape index (κ3) is 3.37. The van der Waals surface area contributed by atoms with Crippen LogP contribution in [-0.4, -0.2) is 31.7 Å². The number of hydrogen-bond acceptors (Lipinski definition) is 5. The Morgan fingerprint density at radius 2 is 1.95 bits per heavy atom. The first-order valence-corrected chi connectivity index (χ1v) is 7.89. The third-order valence-corrected chi connectivity index (χ3v) is 4.00. The van der Waals surface area contributed by atoms with Crippen LogP contribution < -0.4 is 9.62 Å². The maximum Gasteiger partial charge on any atom is 0.232 e. The Kier molecular flexibility index (Phi) is 4.10. The molecule has 8 heteroatoms. The first kappa shape index (κ1) is 14.5. The summed E-state index contributed by atoms with van der Waals surface area (Å²) in [7, 11) is -1.86. The van der Waals surface area contributed by atoms with E-state index in [0.29, 0.717) is 17.2 Å². The van der Waals surface area contributed by atoms with Gasteiger partial charge in [-0.25, -0.2) is 18.4 Å². The lowest BCUT2D eigenvalue weighted by atomic mass is 10.2. The summed E-state index contributed by atoms with van der Waals surface area (Å²) in [5.74, 6) is 0.486. The van der Waals surface area contributed by atoms with E-state index in [1.54, 1.807) is 30.3 Å². The Morgan fingerprint density at radius 3 is 2.60 bits per heavy atom. The van der Waals surface area contributed by atoms with Crippen LogP contribution in [0.15, 0.2) is 36.5 Å². The Labute approximate surface area is 122 Å². The summed E-state index contributed by atoms with van der Waals surface area (Å²) in [5, 5.41) is 3.14. The van der Waals surface area contributed by atoms with Gasteiger partial charge in [-0.2, -0.15) is 0 Å². The summed E-state index contributed by atoms with van der Waals surface area (Å²) >= 11 is 5.72. The highest BCUT2D eigenvalue weighted by Crippen LogP contribution is 2.28. The van der Waals surface area contributed by atoms with Crippen LogP contribution in [0.3, 0.4) is 0 Å². The fourth-order valence-corrected chi connectivity index (χ4v) is 2.24. The lowest BCUT2D eigenvalue weighted by molar-refractivity contribution is 0.600. The van der Waals surface area contributed by atoms with Crippen LogP contribution >= 0.6 is 11.6 Å². The smallest absolute Gasteiger partial charge is 0.232 e. The van der Waals surface area contributed by atoms with Gasteiger partial charge in [0.1, 0.15) is 5.82 Å². The van der Waals surface area contributed by atoms with Crippen LogP contribution in [0, 0.1) is 0 Å². The van der Waals surface area contributed by atoms with Gasteiger partial charge < -0.3 is 5.32 Å². The number of anilines is 3. The minimum Gasteiger partial charge on any atom is -0.338 e. The molecule has 0 saturated carbocycles. The predicted octanol–water partition coefficient (Wildman–Crippen LogP) is 2.27. The zero-order valence-electron chi connectivity index (χ0n) is 10.9. The van der Waals surface area contributed by atoms with Gasteiger partial charge in [-0.3, -0.25) is 4.31 Å². The summed E-state index contributed by atoms with van der Waals surface area (Å²) in [6, 6.07) is 8.65. The minimum absolute atomic E-state index is 0.115. The molecule has 0 fully saturated rings. The number of rotatable bonds is 4. The zero-order valence-corrected chi connectivity index (χ0v) is 12.5. The number of aromatic nitrogens is 2. The van der Waals surface area contributed by atoms with Gasteiger partial charge in [-0.1, -0.05) is 12.1 Å². The molecule has 0 spiro atoms. The molecule has 1 aromatic carbocycles. The van der Waals surface area contributed by atoms with Crippen LogP contribution in [0.4, 0.5) is 17.2 Å². The van der Waals surface area contributed by atoms with Gasteiger partial charge in [0.25, 0.3) is 0 Å². The maximum absolute atomic E-state index is 11.6. The lowest BCUT2D eigenvalue weighted by Crippen LogP contribution is -2.25. The molecule has 0 saturated heterocycles.